The van der Waals surface area contributed by atoms with Crippen LogP contribution in [-0.4, -0.2) is 33.4 Å². The number of aromatic nitrogens is 1. The van der Waals surface area contributed by atoms with Crippen molar-refractivity contribution in [2.75, 3.05) is 28.4 Å². The average Bonchev–Trinajstić information content (AvgIpc) is 3.27. The van der Waals surface area contributed by atoms with E-state index in [0.29, 0.717) is 0 Å². The summed E-state index contributed by atoms with van der Waals surface area (Å²) in [6.07, 6.45) is 1.93. The van der Waals surface area contributed by atoms with Crippen molar-refractivity contribution < 1.29 is 18.9 Å². The van der Waals surface area contributed by atoms with Gasteiger partial charge < -0.3 is 18.9 Å². The summed E-state index contributed by atoms with van der Waals surface area (Å²) in [6.45, 7) is 0. The molecular weight excluding hydrogens is 691 g/mol. The Hall–Kier alpha value is -7.11. The van der Waals surface area contributed by atoms with Gasteiger partial charge in [0.2, 0.25) is 0 Å². The lowest BCUT2D eigenvalue weighted by Gasteiger charge is -2.27. The van der Waals surface area contributed by atoms with Crippen LogP contribution in [0.15, 0.2) is 164 Å². The fourth-order valence-corrected chi connectivity index (χ4v) is 8.08. The topological polar surface area (TPSA) is 49.8 Å². The van der Waals surface area contributed by atoms with Crippen LogP contribution < -0.4 is 18.9 Å². The van der Waals surface area contributed by atoms with Crippen LogP contribution in [0.25, 0.3) is 88.1 Å². The number of hydrogen-bond donors (Lipinski definition) is 0. The molecule has 8 aromatic carbocycles. The van der Waals surface area contributed by atoms with E-state index in [2.05, 4.69) is 109 Å². The molecule has 0 saturated carbocycles. The van der Waals surface area contributed by atoms with Gasteiger partial charge in [0.1, 0.15) is 23.0 Å². The maximum Gasteiger partial charge on any atom is 0.118 e. The molecule has 0 aliphatic heterocycles. The highest BCUT2D eigenvalue weighted by molar-refractivity contribution is 6.27. The van der Waals surface area contributed by atoms with Gasteiger partial charge in [-0.1, -0.05) is 97.1 Å². The smallest absolute Gasteiger partial charge is 0.118 e. The lowest BCUT2D eigenvalue weighted by atomic mass is 9.76. The molecule has 1 heterocycles. The first kappa shape index (κ1) is 34.6. The fourth-order valence-electron chi connectivity index (χ4n) is 8.08. The lowest BCUT2D eigenvalue weighted by molar-refractivity contribution is 0.414. The Morgan fingerprint density at radius 1 is 0.339 bits per heavy atom. The van der Waals surface area contributed by atoms with E-state index < -0.39 is 0 Å². The molecule has 5 nitrogen and oxygen atoms in total. The van der Waals surface area contributed by atoms with Crippen LogP contribution in [0.4, 0.5) is 0 Å². The molecule has 9 rings (SSSR count). The molecule has 0 amide bonds. The first-order valence-corrected chi connectivity index (χ1v) is 18.6. The molecule has 0 atom stereocenters. The van der Waals surface area contributed by atoms with Crippen LogP contribution in [0.5, 0.6) is 23.0 Å². The van der Waals surface area contributed by atoms with Crippen LogP contribution in [0.1, 0.15) is 0 Å². The molecule has 0 fully saturated rings. The van der Waals surface area contributed by atoms with Crippen molar-refractivity contribution in [2.45, 2.75) is 0 Å². The average molecular weight is 730 g/mol. The van der Waals surface area contributed by atoms with Gasteiger partial charge in [0.25, 0.3) is 0 Å². The molecule has 5 heteroatoms. The van der Waals surface area contributed by atoms with Gasteiger partial charge in [-0.3, -0.25) is 4.98 Å². The third-order valence-electron chi connectivity index (χ3n) is 10.7. The quantitative estimate of drug-likeness (QED) is 0.138. The van der Waals surface area contributed by atoms with Crippen LogP contribution in [-0.2, 0) is 0 Å². The zero-order valence-electron chi connectivity index (χ0n) is 31.7. The van der Waals surface area contributed by atoms with Crippen molar-refractivity contribution in [3.63, 3.8) is 0 Å². The Balaban J connectivity index is 1.60. The van der Waals surface area contributed by atoms with Crippen LogP contribution >= 0.6 is 0 Å². The number of fused-ring (bicyclic) bond motifs is 3. The molecule has 0 aliphatic rings. The largest absolute Gasteiger partial charge is 0.497 e. The molecular formula is C51H39NO4. The molecule has 0 aliphatic carbocycles. The second-order valence-electron chi connectivity index (χ2n) is 13.7. The summed E-state index contributed by atoms with van der Waals surface area (Å²) in [5.74, 6) is 3.15. The minimum Gasteiger partial charge on any atom is -0.497 e. The van der Waals surface area contributed by atoms with E-state index in [1.807, 2.05) is 54.7 Å². The van der Waals surface area contributed by atoms with Gasteiger partial charge in [0, 0.05) is 22.5 Å². The predicted molar refractivity (Wildman–Crippen MR) is 230 cm³/mol. The number of nitrogens with zero attached hydrogens (tertiary/aromatic N) is 1. The van der Waals surface area contributed by atoms with Gasteiger partial charge in [-0.2, -0.15) is 0 Å². The SMILES string of the molecule is COc1ccc(-c2c(-c3ccc(OC)cc3)c(-c3ccc(OC)cc3)c3c(-c4nccc5ccccc45)c4ccccc4cc3c2-c2ccc(OC)cc2)cc1. The summed E-state index contributed by atoms with van der Waals surface area (Å²) in [6, 6.07) is 55.2. The summed E-state index contributed by atoms with van der Waals surface area (Å²) in [7, 11) is 6.81. The highest BCUT2D eigenvalue weighted by atomic mass is 16.5. The van der Waals surface area contributed by atoms with Gasteiger partial charge in [0.15, 0.2) is 0 Å². The van der Waals surface area contributed by atoms with E-state index >= 15 is 0 Å². The van der Waals surface area contributed by atoms with E-state index in [-0.39, 0.29) is 0 Å². The molecule has 0 N–H and O–H groups in total. The van der Waals surface area contributed by atoms with Crippen molar-refractivity contribution in [2.24, 2.45) is 0 Å². The van der Waals surface area contributed by atoms with E-state index in [0.717, 1.165) is 111 Å². The van der Waals surface area contributed by atoms with E-state index in [1.54, 1.807) is 28.4 Å². The zero-order valence-corrected chi connectivity index (χ0v) is 31.7. The summed E-state index contributed by atoms with van der Waals surface area (Å²) >= 11 is 0. The summed E-state index contributed by atoms with van der Waals surface area (Å²) < 4.78 is 22.7. The van der Waals surface area contributed by atoms with Gasteiger partial charge in [-0.15, -0.1) is 0 Å². The molecule has 9 aromatic rings. The van der Waals surface area contributed by atoms with E-state index in [1.165, 1.54) is 0 Å². The van der Waals surface area contributed by atoms with Crippen molar-refractivity contribution in [1.29, 1.82) is 0 Å². The predicted octanol–water partition coefficient (Wildman–Crippen LogP) is 12.9. The van der Waals surface area contributed by atoms with Crippen molar-refractivity contribution in [1.82, 2.24) is 4.98 Å². The molecule has 1 aromatic heterocycles. The Bertz CT molecular complexity index is 2860. The highest BCUT2D eigenvalue weighted by Gasteiger charge is 2.28. The molecule has 0 spiro atoms. The second kappa shape index (κ2) is 14.6. The molecule has 0 radical (unpaired) electrons. The maximum absolute atomic E-state index is 5.70. The minimum atomic E-state index is 0.786. The monoisotopic (exact) mass is 729 g/mol. The van der Waals surface area contributed by atoms with Crippen molar-refractivity contribution in [3.05, 3.63) is 164 Å². The highest BCUT2D eigenvalue weighted by Crippen LogP contribution is 2.55. The normalized spacial score (nSPS) is 11.2. The molecule has 0 bridgehead atoms. The second-order valence-corrected chi connectivity index (χ2v) is 13.7. The minimum absolute atomic E-state index is 0.786. The standard InChI is InChI=1S/C51H39NO4/c1-53-38-21-13-33(14-22-38)45-44-31-37-10-6-7-11-42(37)50(51-43-12-8-5-9-32(43)29-30-52-51)49(44)48(36-19-27-41(56-4)28-20-36)47(35-17-25-40(55-3)26-18-35)46(45)34-15-23-39(54-2)24-16-34/h5-31H,1-4H3. The maximum atomic E-state index is 5.70. The van der Waals surface area contributed by atoms with Gasteiger partial charge in [0.05, 0.1) is 34.1 Å². The number of methoxy groups -OCH3 is 4. The molecule has 0 saturated heterocycles. The molecule has 0 unspecified atom stereocenters. The first-order chi connectivity index (χ1) is 27.6. The summed E-state index contributed by atoms with van der Waals surface area (Å²) in [5.41, 5.74) is 10.6. The van der Waals surface area contributed by atoms with Gasteiger partial charge in [-0.25, -0.2) is 0 Å². The number of hydrogen-bond acceptors (Lipinski definition) is 5. The zero-order chi connectivity index (χ0) is 38.2. The van der Waals surface area contributed by atoms with Crippen LogP contribution in [0, 0.1) is 0 Å². The number of ether oxygens (including phenoxy) is 4. The lowest BCUT2D eigenvalue weighted by Crippen LogP contribution is -2.00. The third kappa shape index (κ3) is 5.94. The Morgan fingerprint density at radius 3 is 1.25 bits per heavy atom. The fraction of sp³-hybridized carbons (Fsp3) is 0.0784. The third-order valence-corrected chi connectivity index (χ3v) is 10.7. The van der Waals surface area contributed by atoms with E-state index in [4.69, 9.17) is 23.9 Å². The Labute approximate surface area is 326 Å². The van der Waals surface area contributed by atoms with Crippen molar-refractivity contribution in [3.8, 4) is 78.8 Å². The van der Waals surface area contributed by atoms with E-state index in [9.17, 15) is 0 Å². The van der Waals surface area contributed by atoms with Crippen molar-refractivity contribution >= 4 is 32.3 Å². The van der Waals surface area contributed by atoms with Crippen LogP contribution in [0.2, 0.25) is 0 Å². The Kier molecular flexibility index (Phi) is 9.04. The van der Waals surface area contributed by atoms with Gasteiger partial charge in [-0.05, 0) is 127 Å². The summed E-state index contributed by atoms with van der Waals surface area (Å²) in [5, 5.41) is 6.67. The van der Waals surface area contributed by atoms with Crippen LogP contribution in [0.3, 0.4) is 0 Å². The molecule has 56 heavy (non-hydrogen) atoms. The number of pyridine rings is 1. The first-order valence-electron chi connectivity index (χ1n) is 18.6. The summed E-state index contributed by atoms with van der Waals surface area (Å²) in [4.78, 5) is 5.22. The van der Waals surface area contributed by atoms with Gasteiger partial charge >= 0.3 is 0 Å². The molecule has 272 valence electrons. The Morgan fingerprint density at radius 2 is 0.750 bits per heavy atom. The number of benzene rings is 8. The number of rotatable bonds is 9.